The van der Waals surface area contributed by atoms with Gasteiger partial charge in [-0.15, -0.1) is 0 Å². The van der Waals surface area contributed by atoms with E-state index < -0.39 is 23.5 Å². The standard InChI is InChI=1S/C23H22F4N4O3/c24-18-7-14(3-4-17(18)23(25,26)27)22(33)30-6-5-21(32)31-12-16(8-15(31)11-30)34-20-10-28-19(9-29-20)13-1-2-13/h3-4,7,9-10,13,15-16H,1-2,5-6,8,11-12H2/t15-,16+/m0/s1. The molecule has 2 saturated heterocycles. The van der Waals surface area contributed by atoms with Crippen LogP contribution in [0.25, 0.3) is 0 Å². The maximum absolute atomic E-state index is 14.0. The summed E-state index contributed by atoms with van der Waals surface area (Å²) in [5, 5.41) is 0. The molecular formula is C23H22F4N4O3. The van der Waals surface area contributed by atoms with Crippen molar-refractivity contribution in [1.29, 1.82) is 0 Å². The fourth-order valence-electron chi connectivity index (χ4n) is 4.55. The maximum atomic E-state index is 14.0. The number of rotatable bonds is 4. The molecule has 0 unspecified atom stereocenters. The molecule has 3 fully saturated rings. The van der Waals surface area contributed by atoms with Crippen LogP contribution in [0.3, 0.4) is 0 Å². The van der Waals surface area contributed by atoms with Gasteiger partial charge in [0.25, 0.3) is 5.91 Å². The molecule has 3 aliphatic rings. The predicted molar refractivity (Wildman–Crippen MR) is 110 cm³/mol. The summed E-state index contributed by atoms with van der Waals surface area (Å²) >= 11 is 0. The van der Waals surface area contributed by atoms with Crippen molar-refractivity contribution in [3.63, 3.8) is 0 Å². The number of nitrogens with zero attached hydrogens (tertiary/aromatic N) is 4. The monoisotopic (exact) mass is 478 g/mol. The van der Waals surface area contributed by atoms with E-state index in [0.717, 1.165) is 24.6 Å². The summed E-state index contributed by atoms with van der Waals surface area (Å²) in [5.41, 5.74) is -0.676. The van der Waals surface area contributed by atoms with E-state index >= 15 is 0 Å². The van der Waals surface area contributed by atoms with E-state index in [1.807, 2.05) is 0 Å². The van der Waals surface area contributed by atoms with Crippen LogP contribution in [-0.2, 0) is 11.0 Å². The Morgan fingerprint density at radius 1 is 1.12 bits per heavy atom. The Morgan fingerprint density at radius 2 is 1.91 bits per heavy atom. The SMILES string of the molecule is O=C(c1ccc(C(F)(F)F)c(F)c1)N1CCC(=O)N2C[C@H](Oc3cnc(C4CC4)cn3)C[C@H]2C1. The Balaban J connectivity index is 1.26. The van der Waals surface area contributed by atoms with Crippen molar-refractivity contribution in [3.05, 3.63) is 53.2 Å². The number of carbonyl (C=O) groups excluding carboxylic acids is 2. The Morgan fingerprint density at radius 3 is 2.56 bits per heavy atom. The van der Waals surface area contributed by atoms with Gasteiger partial charge in [0.1, 0.15) is 11.9 Å². The minimum absolute atomic E-state index is 0.0635. The van der Waals surface area contributed by atoms with Crippen molar-refractivity contribution < 1.29 is 31.9 Å². The highest BCUT2D eigenvalue weighted by molar-refractivity contribution is 5.95. The van der Waals surface area contributed by atoms with Crippen LogP contribution in [0.15, 0.2) is 30.6 Å². The molecular weight excluding hydrogens is 456 g/mol. The van der Waals surface area contributed by atoms with E-state index in [4.69, 9.17) is 4.74 Å². The topological polar surface area (TPSA) is 75.6 Å². The van der Waals surface area contributed by atoms with Crippen LogP contribution in [0.4, 0.5) is 17.6 Å². The van der Waals surface area contributed by atoms with E-state index in [9.17, 15) is 27.2 Å². The second-order valence-electron chi connectivity index (χ2n) is 8.92. The summed E-state index contributed by atoms with van der Waals surface area (Å²) in [5.74, 6) is -1.42. The van der Waals surface area contributed by atoms with Crippen molar-refractivity contribution >= 4 is 11.8 Å². The van der Waals surface area contributed by atoms with Crippen molar-refractivity contribution in [1.82, 2.24) is 19.8 Å². The van der Waals surface area contributed by atoms with E-state index in [1.165, 1.54) is 4.90 Å². The molecule has 1 aromatic heterocycles. The maximum Gasteiger partial charge on any atom is 0.419 e. The molecule has 1 aromatic carbocycles. The van der Waals surface area contributed by atoms with Crippen LogP contribution in [0.5, 0.6) is 5.88 Å². The molecule has 7 nitrogen and oxygen atoms in total. The molecule has 11 heteroatoms. The number of carbonyl (C=O) groups is 2. The van der Waals surface area contributed by atoms with Gasteiger partial charge in [0, 0.05) is 37.4 Å². The summed E-state index contributed by atoms with van der Waals surface area (Å²) < 4.78 is 58.4. The van der Waals surface area contributed by atoms with Crippen LogP contribution in [-0.4, -0.2) is 63.4 Å². The predicted octanol–water partition coefficient (Wildman–Crippen LogP) is 3.41. The number of alkyl halides is 3. The average Bonchev–Trinajstić information content (AvgIpc) is 3.58. The van der Waals surface area contributed by atoms with Crippen LogP contribution in [0.2, 0.25) is 0 Å². The Hall–Kier alpha value is -3.24. The molecule has 34 heavy (non-hydrogen) atoms. The third kappa shape index (κ3) is 4.55. The third-order valence-corrected chi connectivity index (χ3v) is 6.46. The highest BCUT2D eigenvalue weighted by atomic mass is 19.4. The fraction of sp³-hybridized carbons (Fsp3) is 0.478. The van der Waals surface area contributed by atoms with Gasteiger partial charge in [-0.2, -0.15) is 13.2 Å². The minimum atomic E-state index is -4.84. The first-order chi connectivity index (χ1) is 16.2. The number of fused-ring (bicyclic) bond motifs is 1. The van der Waals surface area contributed by atoms with Gasteiger partial charge in [0.05, 0.1) is 36.2 Å². The Kier molecular flexibility index (Phi) is 5.65. The van der Waals surface area contributed by atoms with Gasteiger partial charge in [0.2, 0.25) is 11.8 Å². The first-order valence-electron chi connectivity index (χ1n) is 11.1. The van der Waals surface area contributed by atoms with Gasteiger partial charge in [-0.25, -0.2) is 9.37 Å². The van der Waals surface area contributed by atoms with Crippen molar-refractivity contribution in [2.75, 3.05) is 19.6 Å². The first kappa shape index (κ1) is 22.5. The van der Waals surface area contributed by atoms with Gasteiger partial charge in [-0.1, -0.05) is 0 Å². The first-order valence-corrected chi connectivity index (χ1v) is 11.1. The van der Waals surface area contributed by atoms with E-state index in [2.05, 4.69) is 9.97 Å². The molecule has 0 spiro atoms. The molecule has 0 bridgehead atoms. The zero-order valence-corrected chi connectivity index (χ0v) is 18.1. The number of hydrogen-bond acceptors (Lipinski definition) is 5. The molecule has 180 valence electrons. The van der Waals surface area contributed by atoms with Crippen LogP contribution < -0.4 is 4.74 Å². The zero-order chi connectivity index (χ0) is 24.0. The second kappa shape index (κ2) is 8.52. The summed E-state index contributed by atoms with van der Waals surface area (Å²) in [6.07, 6.45) is 0.867. The zero-order valence-electron chi connectivity index (χ0n) is 18.1. The lowest BCUT2D eigenvalue weighted by Crippen LogP contribution is -2.40. The lowest BCUT2D eigenvalue weighted by Gasteiger charge is -2.25. The molecule has 1 aliphatic carbocycles. The lowest BCUT2D eigenvalue weighted by atomic mass is 10.1. The summed E-state index contributed by atoms with van der Waals surface area (Å²) in [7, 11) is 0. The van der Waals surface area contributed by atoms with E-state index in [-0.39, 0.29) is 43.1 Å². The molecule has 3 heterocycles. The van der Waals surface area contributed by atoms with Crippen LogP contribution in [0, 0.1) is 5.82 Å². The number of aromatic nitrogens is 2. The normalized spacial score (nSPS) is 23.0. The molecule has 0 N–H and O–H groups in total. The third-order valence-electron chi connectivity index (χ3n) is 6.46. The Labute approximate surface area is 192 Å². The van der Waals surface area contributed by atoms with Gasteiger partial charge in [-0.3, -0.25) is 14.6 Å². The molecule has 0 radical (unpaired) electrons. The summed E-state index contributed by atoms with van der Waals surface area (Å²) in [4.78, 5) is 37.3. The van der Waals surface area contributed by atoms with Crippen molar-refractivity contribution in [2.45, 2.75) is 49.9 Å². The lowest BCUT2D eigenvalue weighted by molar-refractivity contribution is -0.140. The van der Waals surface area contributed by atoms with Crippen LogP contribution in [0.1, 0.15) is 53.2 Å². The molecule has 2 amide bonds. The van der Waals surface area contributed by atoms with Gasteiger partial charge >= 0.3 is 6.18 Å². The summed E-state index contributed by atoms with van der Waals surface area (Å²) in [6, 6.07) is 1.80. The van der Waals surface area contributed by atoms with Crippen molar-refractivity contribution in [3.8, 4) is 5.88 Å². The van der Waals surface area contributed by atoms with Gasteiger partial charge < -0.3 is 14.5 Å². The number of halogens is 4. The number of ether oxygens (including phenoxy) is 1. The number of amides is 2. The largest absolute Gasteiger partial charge is 0.471 e. The highest BCUT2D eigenvalue weighted by Crippen LogP contribution is 2.38. The molecule has 2 aliphatic heterocycles. The molecule has 1 saturated carbocycles. The van der Waals surface area contributed by atoms with E-state index in [0.29, 0.717) is 36.9 Å². The summed E-state index contributed by atoms with van der Waals surface area (Å²) in [6.45, 7) is 0.624. The molecule has 2 aromatic rings. The number of benzene rings is 1. The van der Waals surface area contributed by atoms with Crippen LogP contribution >= 0.6 is 0 Å². The smallest absolute Gasteiger partial charge is 0.419 e. The fourth-order valence-corrected chi connectivity index (χ4v) is 4.55. The highest BCUT2D eigenvalue weighted by Gasteiger charge is 2.41. The second-order valence-corrected chi connectivity index (χ2v) is 8.92. The minimum Gasteiger partial charge on any atom is -0.471 e. The number of hydrogen-bond donors (Lipinski definition) is 0. The van der Waals surface area contributed by atoms with Crippen molar-refractivity contribution in [2.24, 2.45) is 0 Å². The Bertz CT molecular complexity index is 1100. The van der Waals surface area contributed by atoms with Gasteiger partial charge in [-0.05, 0) is 31.0 Å². The quantitative estimate of drug-likeness (QED) is 0.630. The average molecular weight is 478 g/mol. The van der Waals surface area contributed by atoms with E-state index in [1.54, 1.807) is 17.3 Å². The molecule has 5 rings (SSSR count). The van der Waals surface area contributed by atoms with Gasteiger partial charge in [0.15, 0.2) is 0 Å². The molecule has 2 atom stereocenters.